The van der Waals surface area contributed by atoms with Gasteiger partial charge >= 0.3 is 0 Å². The number of hydrogen-bond donors (Lipinski definition) is 0. The van der Waals surface area contributed by atoms with Crippen LogP contribution in [0.1, 0.15) is 6.92 Å². The molecule has 2 heterocycles. The molecule has 0 saturated carbocycles. The van der Waals surface area contributed by atoms with Crippen molar-refractivity contribution in [1.29, 1.82) is 0 Å². The van der Waals surface area contributed by atoms with E-state index in [1.54, 1.807) is 12.4 Å². The van der Waals surface area contributed by atoms with Gasteiger partial charge in [-0.05, 0) is 24.7 Å². The molecule has 1 aliphatic rings. The monoisotopic (exact) mass is 260 g/mol. The molecule has 0 N–H and O–H groups in total. The van der Waals surface area contributed by atoms with Crippen LogP contribution in [-0.4, -0.2) is 47.6 Å². The zero-order valence-corrected chi connectivity index (χ0v) is 11.0. The average molecular weight is 260 g/mol. The van der Waals surface area contributed by atoms with Crippen molar-refractivity contribution in [1.82, 2.24) is 14.9 Å². The van der Waals surface area contributed by atoms with Crippen molar-refractivity contribution in [2.75, 3.05) is 37.6 Å². The molecule has 0 spiro atoms. The lowest BCUT2D eigenvalue weighted by molar-refractivity contribution is 0.271. The molecule has 0 unspecified atom stereocenters. The van der Waals surface area contributed by atoms with Crippen molar-refractivity contribution in [3.8, 4) is 0 Å². The predicted octanol–water partition coefficient (Wildman–Crippen LogP) is 1.91. The summed E-state index contributed by atoms with van der Waals surface area (Å²) in [6.45, 7) is 7.15. The highest BCUT2D eigenvalue weighted by Crippen LogP contribution is 2.24. The van der Waals surface area contributed by atoms with Crippen LogP contribution in [0, 0.1) is 5.82 Å². The highest BCUT2D eigenvalue weighted by Gasteiger charge is 2.18. The van der Waals surface area contributed by atoms with Gasteiger partial charge in [-0.15, -0.1) is 0 Å². The second-order valence-corrected chi connectivity index (χ2v) is 4.78. The minimum atomic E-state index is -0.240. The molecule has 1 aromatic carbocycles. The smallest absolute Gasteiger partial charge is 0.140 e. The summed E-state index contributed by atoms with van der Waals surface area (Å²) in [5.74, 6) is 0.607. The van der Waals surface area contributed by atoms with Crippen LogP contribution in [0.3, 0.4) is 0 Å². The van der Waals surface area contributed by atoms with E-state index >= 15 is 0 Å². The zero-order chi connectivity index (χ0) is 13.2. The molecule has 0 bridgehead atoms. The molecule has 5 heteroatoms. The van der Waals surface area contributed by atoms with Crippen molar-refractivity contribution in [2.24, 2.45) is 0 Å². The summed E-state index contributed by atoms with van der Waals surface area (Å²) in [6.07, 6.45) is 1.56. The quantitative estimate of drug-likeness (QED) is 0.825. The molecule has 0 radical (unpaired) electrons. The van der Waals surface area contributed by atoms with Gasteiger partial charge in [0.2, 0.25) is 0 Å². The maximum atomic E-state index is 13.4. The number of hydrogen-bond acceptors (Lipinski definition) is 4. The standard InChI is InChI=1S/C14H17FN4/c1-2-18-5-7-19(8-6-18)14-12-9-11(15)3-4-13(12)16-10-17-14/h3-4,9-10H,2,5-8H2,1H3. The first-order chi connectivity index (χ1) is 9.28. The fourth-order valence-corrected chi connectivity index (χ4v) is 2.54. The number of aromatic nitrogens is 2. The Hall–Kier alpha value is -1.75. The molecule has 4 nitrogen and oxygen atoms in total. The third-order valence-electron chi connectivity index (χ3n) is 3.70. The molecule has 1 fully saturated rings. The van der Waals surface area contributed by atoms with Gasteiger partial charge in [0, 0.05) is 31.6 Å². The van der Waals surface area contributed by atoms with Gasteiger partial charge in [0.25, 0.3) is 0 Å². The Morgan fingerprint density at radius 2 is 1.95 bits per heavy atom. The average Bonchev–Trinajstić information content (AvgIpc) is 2.47. The summed E-state index contributed by atoms with van der Waals surface area (Å²) in [7, 11) is 0. The molecule has 1 saturated heterocycles. The first-order valence-corrected chi connectivity index (χ1v) is 6.65. The van der Waals surface area contributed by atoms with Crippen molar-refractivity contribution in [3.63, 3.8) is 0 Å². The molecule has 19 heavy (non-hydrogen) atoms. The number of halogens is 1. The van der Waals surface area contributed by atoms with Crippen LogP contribution in [0.5, 0.6) is 0 Å². The maximum Gasteiger partial charge on any atom is 0.140 e. The maximum absolute atomic E-state index is 13.4. The Kier molecular flexibility index (Phi) is 3.29. The van der Waals surface area contributed by atoms with Gasteiger partial charge in [-0.1, -0.05) is 6.92 Å². The topological polar surface area (TPSA) is 32.3 Å². The normalized spacial score (nSPS) is 17.1. The van der Waals surface area contributed by atoms with Crippen LogP contribution in [0.2, 0.25) is 0 Å². The Morgan fingerprint density at radius 3 is 2.68 bits per heavy atom. The van der Waals surface area contributed by atoms with E-state index in [0.717, 1.165) is 49.4 Å². The van der Waals surface area contributed by atoms with Crippen LogP contribution >= 0.6 is 0 Å². The molecule has 1 aliphatic heterocycles. The van der Waals surface area contributed by atoms with Gasteiger partial charge in [0.05, 0.1) is 5.52 Å². The lowest BCUT2D eigenvalue weighted by atomic mass is 10.2. The summed E-state index contributed by atoms with van der Waals surface area (Å²) in [4.78, 5) is 13.2. The third kappa shape index (κ3) is 2.38. The third-order valence-corrected chi connectivity index (χ3v) is 3.70. The molecule has 0 aliphatic carbocycles. The minimum Gasteiger partial charge on any atom is -0.353 e. The molecule has 2 aromatic rings. The van der Waals surface area contributed by atoms with Crippen molar-refractivity contribution >= 4 is 16.7 Å². The Balaban J connectivity index is 1.94. The van der Waals surface area contributed by atoms with Crippen LogP contribution in [0.4, 0.5) is 10.2 Å². The highest BCUT2D eigenvalue weighted by molar-refractivity contribution is 5.89. The predicted molar refractivity (Wildman–Crippen MR) is 73.8 cm³/mol. The lowest BCUT2D eigenvalue weighted by Crippen LogP contribution is -2.46. The van der Waals surface area contributed by atoms with Crippen LogP contribution < -0.4 is 4.90 Å². The summed E-state index contributed by atoms with van der Waals surface area (Å²) >= 11 is 0. The number of fused-ring (bicyclic) bond motifs is 1. The first kappa shape index (κ1) is 12.3. The molecular formula is C14H17FN4. The van der Waals surface area contributed by atoms with E-state index in [1.165, 1.54) is 12.1 Å². The van der Waals surface area contributed by atoms with E-state index < -0.39 is 0 Å². The van der Waals surface area contributed by atoms with E-state index in [4.69, 9.17) is 0 Å². The van der Waals surface area contributed by atoms with E-state index in [1.807, 2.05) is 0 Å². The van der Waals surface area contributed by atoms with E-state index in [2.05, 4.69) is 26.7 Å². The SMILES string of the molecule is CCN1CCN(c2ncnc3ccc(F)cc23)CC1. The number of benzene rings is 1. The van der Waals surface area contributed by atoms with Crippen LogP contribution in [0.25, 0.3) is 10.9 Å². The van der Waals surface area contributed by atoms with Gasteiger partial charge < -0.3 is 9.80 Å². The number of rotatable bonds is 2. The minimum absolute atomic E-state index is 0.240. The summed E-state index contributed by atoms with van der Waals surface area (Å²) in [6, 6.07) is 4.67. The van der Waals surface area contributed by atoms with Gasteiger partial charge in [-0.3, -0.25) is 0 Å². The van der Waals surface area contributed by atoms with Crippen molar-refractivity contribution in [3.05, 3.63) is 30.3 Å². The largest absolute Gasteiger partial charge is 0.353 e. The second kappa shape index (κ2) is 5.09. The Labute approximate surface area is 111 Å². The first-order valence-electron chi connectivity index (χ1n) is 6.65. The number of nitrogens with zero attached hydrogens (tertiary/aromatic N) is 4. The summed E-state index contributed by atoms with van der Waals surface area (Å²) in [5.41, 5.74) is 0.796. The van der Waals surface area contributed by atoms with Crippen molar-refractivity contribution < 1.29 is 4.39 Å². The van der Waals surface area contributed by atoms with E-state index in [9.17, 15) is 4.39 Å². The van der Waals surface area contributed by atoms with E-state index in [-0.39, 0.29) is 5.82 Å². The molecule has 1 aromatic heterocycles. The zero-order valence-electron chi connectivity index (χ0n) is 11.0. The van der Waals surface area contributed by atoms with Gasteiger partial charge in [-0.25, -0.2) is 14.4 Å². The molecular weight excluding hydrogens is 243 g/mol. The van der Waals surface area contributed by atoms with Gasteiger partial charge in [-0.2, -0.15) is 0 Å². The van der Waals surface area contributed by atoms with Gasteiger partial charge in [0.15, 0.2) is 0 Å². The fraction of sp³-hybridized carbons (Fsp3) is 0.429. The van der Waals surface area contributed by atoms with Crippen LogP contribution in [0.15, 0.2) is 24.5 Å². The summed E-state index contributed by atoms with van der Waals surface area (Å²) in [5, 5.41) is 0.799. The highest BCUT2D eigenvalue weighted by atomic mass is 19.1. The Morgan fingerprint density at radius 1 is 1.16 bits per heavy atom. The Bertz CT molecular complexity index is 579. The van der Waals surface area contributed by atoms with Crippen molar-refractivity contribution in [2.45, 2.75) is 6.92 Å². The van der Waals surface area contributed by atoms with Gasteiger partial charge in [0.1, 0.15) is 18.0 Å². The number of piperazine rings is 1. The number of anilines is 1. The second-order valence-electron chi connectivity index (χ2n) is 4.78. The summed E-state index contributed by atoms with van der Waals surface area (Å²) < 4.78 is 13.4. The molecule has 0 amide bonds. The lowest BCUT2D eigenvalue weighted by Gasteiger charge is -2.35. The molecule has 3 rings (SSSR count). The fourth-order valence-electron chi connectivity index (χ4n) is 2.54. The van der Waals surface area contributed by atoms with E-state index in [0.29, 0.717) is 0 Å². The molecule has 0 atom stereocenters. The van der Waals surface area contributed by atoms with Crippen LogP contribution in [-0.2, 0) is 0 Å². The number of likely N-dealkylation sites (N-methyl/N-ethyl adjacent to an activating group) is 1. The molecule has 100 valence electrons.